The van der Waals surface area contributed by atoms with Crippen LogP contribution in [-0.4, -0.2) is 28.2 Å². The predicted octanol–water partition coefficient (Wildman–Crippen LogP) is 2.04. The fourth-order valence-electron chi connectivity index (χ4n) is 1.58. The number of hydrogen-bond donors (Lipinski definition) is 1. The number of hydrogen-bond acceptors (Lipinski definition) is 4. The topological polar surface area (TPSA) is 79.2 Å². The maximum Gasteiger partial charge on any atom is 0.242 e. The second-order valence-electron chi connectivity index (χ2n) is 4.92. The van der Waals surface area contributed by atoms with Gasteiger partial charge in [-0.1, -0.05) is 19.9 Å². The van der Waals surface area contributed by atoms with Crippen LogP contribution in [0.5, 0.6) is 0 Å². The van der Waals surface area contributed by atoms with Gasteiger partial charge in [-0.25, -0.2) is 17.5 Å². The average Bonchev–Trinajstić information content (AvgIpc) is 2.42. The van der Waals surface area contributed by atoms with Gasteiger partial charge in [-0.05, 0) is 24.5 Å². The molecule has 0 radical (unpaired) electrons. The van der Waals surface area contributed by atoms with Crippen molar-refractivity contribution < 1.29 is 17.5 Å². The third kappa shape index (κ3) is 5.42. The van der Waals surface area contributed by atoms with Crippen molar-refractivity contribution in [3.8, 4) is 6.07 Å². The van der Waals surface area contributed by atoms with Crippen LogP contribution in [0.25, 0.3) is 0 Å². The van der Waals surface area contributed by atoms with Crippen molar-refractivity contribution in [3.05, 3.63) is 29.6 Å². The van der Waals surface area contributed by atoms with E-state index in [1.165, 1.54) is 12.1 Å². The number of nitrogens with zero attached hydrogens (tertiary/aromatic N) is 1. The molecule has 0 heterocycles. The van der Waals surface area contributed by atoms with E-state index >= 15 is 0 Å². The van der Waals surface area contributed by atoms with Crippen LogP contribution in [-0.2, 0) is 14.8 Å². The fraction of sp³-hybridized carbons (Fsp3) is 0.500. The highest BCUT2D eigenvalue weighted by Gasteiger charge is 2.20. The Kier molecular flexibility index (Phi) is 6.75. The Balaban J connectivity index is 2.59. The molecule has 1 rings (SSSR count). The van der Waals surface area contributed by atoms with Crippen molar-refractivity contribution in [3.63, 3.8) is 0 Å². The van der Waals surface area contributed by atoms with Crippen LogP contribution in [0, 0.1) is 23.1 Å². The first-order valence-electron chi connectivity index (χ1n) is 6.64. The van der Waals surface area contributed by atoms with Gasteiger partial charge < -0.3 is 4.74 Å². The first kappa shape index (κ1) is 17.6. The molecule has 1 aromatic carbocycles. The minimum absolute atomic E-state index is 0.0712. The highest BCUT2D eigenvalue weighted by atomic mass is 32.2. The summed E-state index contributed by atoms with van der Waals surface area (Å²) < 4.78 is 45.0. The zero-order valence-electron chi connectivity index (χ0n) is 12.1. The van der Waals surface area contributed by atoms with Crippen molar-refractivity contribution in [1.29, 1.82) is 5.26 Å². The molecular formula is C14H19FN2O3S. The normalized spacial score (nSPS) is 11.6. The molecule has 0 amide bonds. The molecule has 0 aliphatic rings. The molecule has 0 saturated heterocycles. The van der Waals surface area contributed by atoms with E-state index < -0.39 is 21.4 Å². The lowest BCUT2D eigenvalue weighted by Crippen LogP contribution is -2.28. The number of nitriles is 1. The van der Waals surface area contributed by atoms with Gasteiger partial charge in [-0.2, -0.15) is 5.26 Å². The van der Waals surface area contributed by atoms with Crippen molar-refractivity contribution in [1.82, 2.24) is 4.72 Å². The standard InChI is InChI=1S/C14H19FN2O3S/c1-11(2)6-8-20-9-7-17-21(18,19)14-5-3-4-13(15)12(14)10-16/h3-5,11,17H,6-9H2,1-2H3. The van der Waals surface area contributed by atoms with E-state index in [2.05, 4.69) is 18.6 Å². The van der Waals surface area contributed by atoms with Crippen LogP contribution in [0.3, 0.4) is 0 Å². The van der Waals surface area contributed by atoms with Gasteiger partial charge in [0.15, 0.2) is 0 Å². The summed E-state index contributed by atoms with van der Waals surface area (Å²) in [5, 5.41) is 8.85. The Morgan fingerprint density at radius 2 is 2.10 bits per heavy atom. The number of nitrogens with one attached hydrogen (secondary N) is 1. The monoisotopic (exact) mass is 314 g/mol. The Morgan fingerprint density at radius 3 is 2.71 bits per heavy atom. The molecule has 0 fully saturated rings. The lowest BCUT2D eigenvalue weighted by atomic mass is 10.1. The first-order valence-corrected chi connectivity index (χ1v) is 8.13. The SMILES string of the molecule is CC(C)CCOCCNS(=O)(=O)c1cccc(F)c1C#N. The summed E-state index contributed by atoms with van der Waals surface area (Å²) in [7, 11) is -3.92. The molecule has 5 nitrogen and oxygen atoms in total. The summed E-state index contributed by atoms with van der Waals surface area (Å²) in [6, 6.07) is 5.07. The number of halogens is 1. The third-order valence-electron chi connectivity index (χ3n) is 2.75. The number of benzene rings is 1. The minimum Gasteiger partial charge on any atom is -0.380 e. The molecule has 0 bridgehead atoms. The van der Waals surface area contributed by atoms with Gasteiger partial charge in [0, 0.05) is 13.2 Å². The quantitative estimate of drug-likeness (QED) is 0.745. The van der Waals surface area contributed by atoms with Gasteiger partial charge in [-0.15, -0.1) is 0 Å². The highest BCUT2D eigenvalue weighted by molar-refractivity contribution is 7.89. The highest BCUT2D eigenvalue weighted by Crippen LogP contribution is 2.17. The van der Waals surface area contributed by atoms with Crippen LogP contribution < -0.4 is 4.72 Å². The average molecular weight is 314 g/mol. The van der Waals surface area contributed by atoms with E-state index in [0.29, 0.717) is 12.5 Å². The summed E-state index contributed by atoms with van der Waals surface area (Å²) in [5.74, 6) is -0.333. The van der Waals surface area contributed by atoms with E-state index in [9.17, 15) is 12.8 Å². The van der Waals surface area contributed by atoms with Crippen LogP contribution in [0.1, 0.15) is 25.8 Å². The zero-order chi connectivity index (χ0) is 15.9. The first-order chi connectivity index (χ1) is 9.88. The van der Waals surface area contributed by atoms with Crippen molar-refractivity contribution in [2.24, 2.45) is 5.92 Å². The summed E-state index contributed by atoms with van der Waals surface area (Å²) in [6.45, 7) is 4.99. The molecule has 0 spiro atoms. The Labute approximate surface area is 124 Å². The van der Waals surface area contributed by atoms with Crippen LogP contribution >= 0.6 is 0 Å². The van der Waals surface area contributed by atoms with Gasteiger partial charge in [0.1, 0.15) is 22.3 Å². The number of rotatable bonds is 8. The van der Waals surface area contributed by atoms with Gasteiger partial charge in [0.25, 0.3) is 0 Å². The molecule has 1 N–H and O–H groups in total. The van der Waals surface area contributed by atoms with E-state index in [4.69, 9.17) is 10.00 Å². The summed E-state index contributed by atoms with van der Waals surface area (Å²) in [6.07, 6.45) is 0.898. The van der Waals surface area contributed by atoms with Crippen molar-refractivity contribution >= 4 is 10.0 Å². The minimum atomic E-state index is -3.92. The third-order valence-corrected chi connectivity index (χ3v) is 4.26. The van der Waals surface area contributed by atoms with E-state index in [-0.39, 0.29) is 18.0 Å². The Bertz CT molecular complexity index is 609. The predicted molar refractivity (Wildman–Crippen MR) is 76.6 cm³/mol. The smallest absolute Gasteiger partial charge is 0.242 e. The van der Waals surface area contributed by atoms with E-state index in [1.54, 1.807) is 6.07 Å². The molecule has 0 aliphatic carbocycles. The molecule has 1 aromatic rings. The number of ether oxygens (including phenoxy) is 1. The van der Waals surface area contributed by atoms with Crippen LogP contribution in [0.15, 0.2) is 23.1 Å². The van der Waals surface area contributed by atoms with Gasteiger partial charge in [0.2, 0.25) is 10.0 Å². The second-order valence-corrected chi connectivity index (χ2v) is 6.65. The van der Waals surface area contributed by atoms with E-state index in [1.807, 2.05) is 0 Å². The number of sulfonamides is 1. The molecule has 0 aromatic heterocycles. The summed E-state index contributed by atoms with van der Waals surface area (Å²) in [5.41, 5.74) is -0.481. The van der Waals surface area contributed by atoms with Crippen LogP contribution in [0.2, 0.25) is 0 Å². The molecular weight excluding hydrogens is 295 g/mol. The molecule has 7 heteroatoms. The van der Waals surface area contributed by atoms with Gasteiger partial charge in [0.05, 0.1) is 6.61 Å². The molecule has 0 aliphatic heterocycles. The Hall–Kier alpha value is -1.49. The zero-order valence-corrected chi connectivity index (χ0v) is 12.9. The maximum absolute atomic E-state index is 13.4. The van der Waals surface area contributed by atoms with E-state index in [0.717, 1.165) is 12.5 Å². The largest absolute Gasteiger partial charge is 0.380 e. The van der Waals surface area contributed by atoms with Crippen LogP contribution in [0.4, 0.5) is 4.39 Å². The molecule has 0 saturated carbocycles. The van der Waals surface area contributed by atoms with Gasteiger partial charge >= 0.3 is 0 Å². The Morgan fingerprint density at radius 1 is 1.38 bits per heavy atom. The molecule has 116 valence electrons. The van der Waals surface area contributed by atoms with Crippen molar-refractivity contribution in [2.75, 3.05) is 19.8 Å². The summed E-state index contributed by atoms with van der Waals surface area (Å²) >= 11 is 0. The lowest BCUT2D eigenvalue weighted by Gasteiger charge is -2.09. The molecule has 0 atom stereocenters. The fourth-order valence-corrected chi connectivity index (χ4v) is 2.76. The second kappa shape index (κ2) is 8.08. The maximum atomic E-state index is 13.4. The molecule has 21 heavy (non-hydrogen) atoms. The lowest BCUT2D eigenvalue weighted by molar-refractivity contribution is 0.128. The van der Waals surface area contributed by atoms with Gasteiger partial charge in [-0.3, -0.25) is 0 Å². The summed E-state index contributed by atoms with van der Waals surface area (Å²) in [4.78, 5) is -0.354. The molecule has 0 unspecified atom stereocenters. The van der Waals surface area contributed by atoms with Crippen molar-refractivity contribution in [2.45, 2.75) is 25.2 Å².